The molecule has 2 amide bonds. The van der Waals surface area contributed by atoms with Gasteiger partial charge in [-0.05, 0) is 31.4 Å². The quantitative estimate of drug-likeness (QED) is 0.908. The Balaban J connectivity index is 1.36. The number of benzene rings is 1. The monoisotopic (exact) mass is 361 g/mol. The summed E-state index contributed by atoms with van der Waals surface area (Å²) < 4.78 is 18.5. The molecule has 2 fully saturated rings. The zero-order chi connectivity index (χ0) is 18.3. The van der Waals surface area contributed by atoms with Crippen molar-refractivity contribution >= 4 is 23.0 Å². The molecule has 8 heteroatoms. The number of amides is 2. The average Bonchev–Trinajstić information content (AvgIpc) is 3.01. The lowest BCUT2D eigenvalue weighted by Crippen LogP contribution is -2.53. The third-order valence-electron chi connectivity index (χ3n) is 5.50. The van der Waals surface area contributed by atoms with Crippen LogP contribution in [0.2, 0.25) is 0 Å². The zero-order valence-corrected chi connectivity index (χ0v) is 14.2. The van der Waals surface area contributed by atoms with E-state index in [0.29, 0.717) is 25.2 Å². The fourth-order valence-corrected chi connectivity index (χ4v) is 3.86. The number of carboxylic acid groups (broad SMARTS) is 1. The fraction of sp³-hybridized carbons (Fsp3) is 0.500. The second-order valence-corrected chi connectivity index (χ2v) is 6.99. The van der Waals surface area contributed by atoms with Crippen molar-refractivity contribution in [3.63, 3.8) is 0 Å². The van der Waals surface area contributed by atoms with Gasteiger partial charge in [0.2, 0.25) is 5.91 Å². The van der Waals surface area contributed by atoms with E-state index in [0.717, 1.165) is 30.3 Å². The van der Waals surface area contributed by atoms with Crippen LogP contribution in [0.5, 0.6) is 0 Å². The summed E-state index contributed by atoms with van der Waals surface area (Å²) in [4.78, 5) is 26.6. The molecule has 1 aromatic heterocycles. The maximum atomic E-state index is 13.3. The molecule has 138 valence electrons. The van der Waals surface area contributed by atoms with Gasteiger partial charge in [0.05, 0.1) is 5.69 Å². The molecule has 26 heavy (non-hydrogen) atoms. The number of piperidine rings is 1. The van der Waals surface area contributed by atoms with E-state index in [1.54, 1.807) is 11.0 Å². The van der Waals surface area contributed by atoms with Gasteiger partial charge in [-0.3, -0.25) is 4.79 Å². The SMILES string of the molecule is O=C(CC1CCN1C(=O)O)N1CCC(c2noc3cc(F)ccc23)CC1. The maximum Gasteiger partial charge on any atom is 0.407 e. The summed E-state index contributed by atoms with van der Waals surface area (Å²) >= 11 is 0. The number of rotatable bonds is 3. The Labute approximate surface area is 149 Å². The topological polar surface area (TPSA) is 86.9 Å². The minimum absolute atomic E-state index is 0.00600. The van der Waals surface area contributed by atoms with E-state index < -0.39 is 6.09 Å². The number of hydrogen-bond donors (Lipinski definition) is 1. The van der Waals surface area contributed by atoms with Gasteiger partial charge in [-0.1, -0.05) is 5.16 Å². The summed E-state index contributed by atoms with van der Waals surface area (Å²) in [5, 5.41) is 14.0. The van der Waals surface area contributed by atoms with Crippen LogP contribution in [0.3, 0.4) is 0 Å². The van der Waals surface area contributed by atoms with Gasteiger partial charge in [0, 0.05) is 49.5 Å². The van der Waals surface area contributed by atoms with Crippen LogP contribution in [0.4, 0.5) is 9.18 Å². The van der Waals surface area contributed by atoms with Gasteiger partial charge in [0.1, 0.15) is 5.82 Å². The highest BCUT2D eigenvalue weighted by Crippen LogP contribution is 2.33. The highest BCUT2D eigenvalue weighted by molar-refractivity contribution is 5.80. The third kappa shape index (κ3) is 3.00. The lowest BCUT2D eigenvalue weighted by Gasteiger charge is -2.40. The molecule has 3 heterocycles. The molecule has 0 radical (unpaired) electrons. The second-order valence-electron chi connectivity index (χ2n) is 6.99. The van der Waals surface area contributed by atoms with Crippen LogP contribution in [-0.2, 0) is 4.79 Å². The highest BCUT2D eigenvalue weighted by Gasteiger charge is 2.35. The van der Waals surface area contributed by atoms with Crippen molar-refractivity contribution in [1.82, 2.24) is 15.0 Å². The Bertz CT molecular complexity index is 844. The molecular formula is C18H20FN3O4. The lowest BCUT2D eigenvalue weighted by atomic mass is 9.91. The van der Waals surface area contributed by atoms with E-state index in [9.17, 15) is 14.0 Å². The minimum atomic E-state index is -0.956. The Hall–Kier alpha value is -2.64. The van der Waals surface area contributed by atoms with Gasteiger partial charge < -0.3 is 19.4 Å². The predicted octanol–water partition coefficient (Wildman–Crippen LogP) is 2.82. The van der Waals surface area contributed by atoms with Gasteiger partial charge in [-0.25, -0.2) is 9.18 Å². The Morgan fingerprint density at radius 1 is 1.23 bits per heavy atom. The number of carbonyl (C=O) groups excluding carboxylic acids is 1. The average molecular weight is 361 g/mol. The molecule has 7 nitrogen and oxygen atoms in total. The van der Waals surface area contributed by atoms with Gasteiger partial charge in [0.15, 0.2) is 5.58 Å². The molecule has 1 atom stereocenters. The van der Waals surface area contributed by atoms with Crippen LogP contribution in [0.15, 0.2) is 22.7 Å². The predicted molar refractivity (Wildman–Crippen MR) is 90.3 cm³/mol. The molecule has 0 spiro atoms. The Kier molecular flexibility index (Phi) is 4.26. The molecule has 0 bridgehead atoms. The Morgan fingerprint density at radius 3 is 2.65 bits per heavy atom. The zero-order valence-electron chi connectivity index (χ0n) is 14.2. The van der Waals surface area contributed by atoms with Crippen molar-refractivity contribution in [3.05, 3.63) is 29.7 Å². The largest absolute Gasteiger partial charge is 0.465 e. The number of carbonyl (C=O) groups is 2. The fourth-order valence-electron chi connectivity index (χ4n) is 3.86. The van der Waals surface area contributed by atoms with Gasteiger partial charge >= 0.3 is 6.09 Å². The van der Waals surface area contributed by atoms with Gasteiger partial charge in [-0.15, -0.1) is 0 Å². The van der Waals surface area contributed by atoms with Crippen molar-refractivity contribution in [2.24, 2.45) is 0 Å². The molecule has 2 aliphatic rings. The summed E-state index contributed by atoms with van der Waals surface area (Å²) in [7, 11) is 0. The van der Waals surface area contributed by atoms with E-state index in [4.69, 9.17) is 9.63 Å². The molecule has 0 aliphatic carbocycles. The smallest absolute Gasteiger partial charge is 0.407 e. The standard InChI is InChI=1S/C18H20FN3O4/c19-12-1-2-14-15(9-12)26-20-17(14)11-3-6-21(7-4-11)16(23)10-13-5-8-22(13)18(24)25/h1-2,9,11,13H,3-8,10H2,(H,24,25). The summed E-state index contributed by atoms with van der Waals surface area (Å²) in [6, 6.07) is 4.23. The second kappa shape index (κ2) is 6.59. The maximum absolute atomic E-state index is 13.3. The van der Waals surface area contributed by atoms with Crippen LogP contribution >= 0.6 is 0 Å². The van der Waals surface area contributed by atoms with Crippen LogP contribution in [-0.4, -0.2) is 57.7 Å². The van der Waals surface area contributed by atoms with Crippen LogP contribution in [0, 0.1) is 5.82 Å². The van der Waals surface area contributed by atoms with Crippen LogP contribution in [0.1, 0.15) is 37.3 Å². The highest BCUT2D eigenvalue weighted by atomic mass is 19.1. The number of aromatic nitrogens is 1. The first-order chi connectivity index (χ1) is 12.5. The van der Waals surface area contributed by atoms with Gasteiger partial charge in [-0.2, -0.15) is 0 Å². The Morgan fingerprint density at radius 2 is 2.00 bits per heavy atom. The first kappa shape index (κ1) is 16.8. The minimum Gasteiger partial charge on any atom is -0.465 e. The van der Waals surface area contributed by atoms with Crippen molar-refractivity contribution in [3.8, 4) is 0 Å². The van der Waals surface area contributed by atoms with E-state index in [-0.39, 0.29) is 30.1 Å². The molecule has 2 saturated heterocycles. The van der Waals surface area contributed by atoms with Gasteiger partial charge in [0.25, 0.3) is 0 Å². The van der Waals surface area contributed by atoms with Crippen molar-refractivity contribution < 1.29 is 23.6 Å². The van der Waals surface area contributed by atoms with Crippen molar-refractivity contribution in [1.29, 1.82) is 0 Å². The van der Waals surface area contributed by atoms with E-state index in [2.05, 4.69) is 5.16 Å². The van der Waals surface area contributed by atoms with E-state index in [1.807, 2.05) is 0 Å². The summed E-state index contributed by atoms with van der Waals surface area (Å²) in [6.45, 7) is 1.73. The molecule has 2 aliphatic heterocycles. The summed E-state index contributed by atoms with van der Waals surface area (Å²) in [5.41, 5.74) is 1.26. The van der Waals surface area contributed by atoms with Crippen LogP contribution in [0.25, 0.3) is 11.0 Å². The number of hydrogen-bond acceptors (Lipinski definition) is 4. The van der Waals surface area contributed by atoms with E-state index >= 15 is 0 Å². The molecule has 2 aromatic rings. The third-order valence-corrected chi connectivity index (χ3v) is 5.50. The molecule has 1 N–H and O–H groups in total. The van der Waals surface area contributed by atoms with E-state index in [1.165, 1.54) is 17.0 Å². The molecule has 0 saturated carbocycles. The van der Waals surface area contributed by atoms with Crippen molar-refractivity contribution in [2.75, 3.05) is 19.6 Å². The normalized spacial score (nSPS) is 21.0. The lowest BCUT2D eigenvalue weighted by molar-refractivity contribution is -0.134. The number of likely N-dealkylation sites (tertiary alicyclic amines) is 2. The molecule has 4 rings (SSSR count). The summed E-state index contributed by atoms with van der Waals surface area (Å²) in [6.07, 6.45) is 1.57. The summed E-state index contributed by atoms with van der Waals surface area (Å²) in [5.74, 6) is -0.177. The molecule has 1 aromatic carbocycles. The number of nitrogens with zero attached hydrogens (tertiary/aromatic N) is 3. The number of fused-ring (bicyclic) bond motifs is 1. The van der Waals surface area contributed by atoms with Crippen LogP contribution < -0.4 is 0 Å². The first-order valence-electron chi connectivity index (χ1n) is 8.85. The number of halogens is 1. The van der Waals surface area contributed by atoms with Crippen molar-refractivity contribution in [2.45, 2.75) is 37.6 Å². The molecular weight excluding hydrogens is 341 g/mol. The first-order valence-corrected chi connectivity index (χ1v) is 8.85. The molecule has 1 unspecified atom stereocenters.